The van der Waals surface area contributed by atoms with Crippen molar-refractivity contribution in [2.75, 3.05) is 27.2 Å². The molecule has 1 heterocycles. The van der Waals surface area contributed by atoms with Gasteiger partial charge in [-0.05, 0) is 74.2 Å². The Morgan fingerprint density at radius 1 is 1.00 bits per heavy atom. The van der Waals surface area contributed by atoms with Crippen LogP contribution in [0.1, 0.15) is 51.9 Å². The molecule has 31 heavy (non-hydrogen) atoms. The maximum atomic E-state index is 12.7. The minimum absolute atomic E-state index is 0.171. The SMILES string of the molecule is Cc1cc(C(=O)NCc2ccc(CN3CCCCC3)cc2)cc(S(=O)(=O)N(C)C)c1C. The summed E-state index contributed by atoms with van der Waals surface area (Å²) in [5, 5.41) is 2.91. The first-order valence-electron chi connectivity index (χ1n) is 10.8. The van der Waals surface area contributed by atoms with Crippen LogP contribution in [0.5, 0.6) is 0 Å². The number of amides is 1. The third-order valence-corrected chi connectivity index (χ3v) is 7.91. The van der Waals surface area contributed by atoms with E-state index in [1.54, 1.807) is 13.0 Å². The van der Waals surface area contributed by atoms with Crippen LogP contribution >= 0.6 is 0 Å². The maximum Gasteiger partial charge on any atom is 0.251 e. The molecular weight excluding hydrogens is 410 g/mol. The fourth-order valence-corrected chi connectivity index (χ4v) is 5.06. The summed E-state index contributed by atoms with van der Waals surface area (Å²) >= 11 is 0. The van der Waals surface area contributed by atoms with Gasteiger partial charge >= 0.3 is 0 Å². The van der Waals surface area contributed by atoms with E-state index in [1.165, 1.54) is 62.4 Å². The van der Waals surface area contributed by atoms with Gasteiger partial charge in [0.1, 0.15) is 0 Å². The van der Waals surface area contributed by atoms with Crippen LogP contribution in [0.2, 0.25) is 0 Å². The largest absolute Gasteiger partial charge is 0.348 e. The lowest BCUT2D eigenvalue weighted by Gasteiger charge is -2.26. The van der Waals surface area contributed by atoms with Crippen molar-refractivity contribution >= 4 is 15.9 Å². The lowest BCUT2D eigenvalue weighted by molar-refractivity contribution is 0.0950. The predicted octanol–water partition coefficient (Wildman–Crippen LogP) is 3.47. The summed E-state index contributed by atoms with van der Waals surface area (Å²) in [4.78, 5) is 15.4. The molecule has 0 radical (unpaired) electrons. The van der Waals surface area contributed by atoms with E-state index in [0.717, 1.165) is 17.7 Å². The monoisotopic (exact) mass is 443 g/mol. The molecule has 1 N–H and O–H groups in total. The zero-order chi connectivity index (χ0) is 22.6. The number of rotatable bonds is 7. The lowest BCUT2D eigenvalue weighted by atomic mass is 10.1. The number of carbonyl (C=O) groups is 1. The molecule has 2 aromatic rings. The fraction of sp³-hybridized carbons (Fsp3) is 0.458. The van der Waals surface area contributed by atoms with E-state index in [2.05, 4.69) is 22.3 Å². The molecule has 1 saturated heterocycles. The highest BCUT2D eigenvalue weighted by atomic mass is 32.2. The molecule has 0 atom stereocenters. The summed E-state index contributed by atoms with van der Waals surface area (Å²) in [5.41, 5.74) is 4.08. The van der Waals surface area contributed by atoms with Crippen LogP contribution in [0.4, 0.5) is 0 Å². The Hall–Kier alpha value is -2.22. The average molecular weight is 444 g/mol. The number of aryl methyl sites for hydroxylation is 1. The summed E-state index contributed by atoms with van der Waals surface area (Å²) in [6.07, 6.45) is 3.89. The molecule has 0 unspecified atom stereocenters. The Kier molecular flexibility index (Phi) is 7.51. The third-order valence-electron chi connectivity index (χ3n) is 5.97. The maximum absolute atomic E-state index is 12.7. The van der Waals surface area contributed by atoms with Gasteiger partial charge in [-0.25, -0.2) is 12.7 Å². The van der Waals surface area contributed by atoms with Gasteiger partial charge in [0, 0.05) is 32.7 Å². The van der Waals surface area contributed by atoms with Crippen molar-refractivity contribution in [3.05, 3.63) is 64.2 Å². The van der Waals surface area contributed by atoms with Crippen molar-refractivity contribution in [3.8, 4) is 0 Å². The summed E-state index contributed by atoms with van der Waals surface area (Å²) in [6, 6.07) is 11.5. The molecular formula is C24H33N3O3S. The number of nitrogens with zero attached hydrogens (tertiary/aromatic N) is 2. The second-order valence-electron chi connectivity index (χ2n) is 8.54. The number of likely N-dealkylation sites (tertiary alicyclic amines) is 1. The van der Waals surface area contributed by atoms with E-state index in [1.807, 2.05) is 19.1 Å². The molecule has 7 heteroatoms. The van der Waals surface area contributed by atoms with Gasteiger partial charge in [-0.3, -0.25) is 9.69 Å². The molecule has 2 aromatic carbocycles. The second kappa shape index (κ2) is 9.94. The molecule has 1 aliphatic heterocycles. The fourth-order valence-electron chi connectivity index (χ4n) is 3.85. The molecule has 0 aromatic heterocycles. The average Bonchev–Trinajstić information content (AvgIpc) is 2.75. The van der Waals surface area contributed by atoms with Crippen LogP contribution in [0, 0.1) is 13.8 Å². The van der Waals surface area contributed by atoms with Gasteiger partial charge in [-0.15, -0.1) is 0 Å². The molecule has 168 valence electrons. The van der Waals surface area contributed by atoms with E-state index in [4.69, 9.17) is 0 Å². The van der Waals surface area contributed by atoms with Gasteiger partial charge in [0.25, 0.3) is 5.91 Å². The van der Waals surface area contributed by atoms with Crippen LogP contribution in [0.25, 0.3) is 0 Å². The molecule has 6 nitrogen and oxygen atoms in total. The Morgan fingerprint density at radius 3 is 2.23 bits per heavy atom. The summed E-state index contributed by atoms with van der Waals surface area (Å²) in [7, 11) is -0.637. The first-order chi connectivity index (χ1) is 14.7. The van der Waals surface area contributed by atoms with Gasteiger partial charge in [-0.2, -0.15) is 0 Å². The van der Waals surface area contributed by atoms with Crippen molar-refractivity contribution in [2.24, 2.45) is 0 Å². The van der Waals surface area contributed by atoms with Crippen LogP contribution in [-0.2, 0) is 23.1 Å². The number of hydrogen-bond acceptors (Lipinski definition) is 4. The highest BCUT2D eigenvalue weighted by Crippen LogP contribution is 2.23. The van der Waals surface area contributed by atoms with Crippen molar-refractivity contribution in [1.29, 1.82) is 0 Å². The quantitative estimate of drug-likeness (QED) is 0.711. The molecule has 3 rings (SSSR count). The first-order valence-corrected chi connectivity index (χ1v) is 12.2. The van der Waals surface area contributed by atoms with E-state index < -0.39 is 10.0 Å². The standard InChI is InChI=1S/C24H33N3O3S/c1-18-14-22(15-23(19(18)2)31(29,30)26(3)4)24(28)25-16-20-8-10-21(11-9-20)17-27-12-6-5-7-13-27/h8-11,14-15H,5-7,12-13,16-17H2,1-4H3,(H,25,28). The zero-order valence-electron chi connectivity index (χ0n) is 18.9. The Balaban J connectivity index is 1.66. The highest BCUT2D eigenvalue weighted by molar-refractivity contribution is 7.89. The normalized spacial score (nSPS) is 15.3. The molecule has 0 aliphatic carbocycles. The molecule has 0 spiro atoms. The van der Waals surface area contributed by atoms with Gasteiger partial charge in [0.15, 0.2) is 0 Å². The van der Waals surface area contributed by atoms with Crippen molar-refractivity contribution in [1.82, 2.24) is 14.5 Å². The minimum Gasteiger partial charge on any atom is -0.348 e. The Bertz CT molecular complexity index is 1020. The van der Waals surface area contributed by atoms with Crippen molar-refractivity contribution < 1.29 is 13.2 Å². The van der Waals surface area contributed by atoms with Crippen LogP contribution in [0.3, 0.4) is 0 Å². The van der Waals surface area contributed by atoms with E-state index in [-0.39, 0.29) is 10.8 Å². The van der Waals surface area contributed by atoms with Crippen LogP contribution in [-0.4, -0.2) is 50.7 Å². The number of hydrogen-bond donors (Lipinski definition) is 1. The Morgan fingerprint density at radius 2 is 1.61 bits per heavy atom. The van der Waals surface area contributed by atoms with E-state index >= 15 is 0 Å². The third kappa shape index (κ3) is 5.73. The molecule has 0 saturated carbocycles. The minimum atomic E-state index is -3.62. The number of sulfonamides is 1. The second-order valence-corrected chi connectivity index (χ2v) is 10.7. The number of piperidine rings is 1. The van der Waals surface area contributed by atoms with Gasteiger partial charge in [-0.1, -0.05) is 30.7 Å². The topological polar surface area (TPSA) is 69.7 Å². The summed E-state index contributed by atoms with van der Waals surface area (Å²) in [5.74, 6) is -0.282. The Labute approximate surface area is 186 Å². The van der Waals surface area contributed by atoms with Crippen molar-refractivity contribution in [3.63, 3.8) is 0 Å². The van der Waals surface area contributed by atoms with E-state index in [0.29, 0.717) is 17.7 Å². The first kappa shape index (κ1) is 23.4. The van der Waals surface area contributed by atoms with Gasteiger partial charge in [0.2, 0.25) is 10.0 Å². The lowest BCUT2D eigenvalue weighted by Crippen LogP contribution is -2.29. The number of carbonyl (C=O) groups excluding carboxylic acids is 1. The highest BCUT2D eigenvalue weighted by Gasteiger charge is 2.23. The predicted molar refractivity (Wildman–Crippen MR) is 124 cm³/mol. The smallest absolute Gasteiger partial charge is 0.251 e. The summed E-state index contributed by atoms with van der Waals surface area (Å²) in [6.45, 7) is 7.28. The van der Waals surface area contributed by atoms with Crippen LogP contribution in [0.15, 0.2) is 41.3 Å². The van der Waals surface area contributed by atoms with Gasteiger partial charge < -0.3 is 5.32 Å². The zero-order valence-corrected chi connectivity index (χ0v) is 19.8. The number of nitrogens with one attached hydrogen (secondary N) is 1. The molecule has 0 bridgehead atoms. The number of benzene rings is 2. The molecule has 1 aliphatic rings. The summed E-state index contributed by atoms with van der Waals surface area (Å²) < 4.78 is 26.4. The molecule has 1 amide bonds. The van der Waals surface area contributed by atoms with Gasteiger partial charge in [0.05, 0.1) is 4.90 Å². The molecule has 1 fully saturated rings. The van der Waals surface area contributed by atoms with Crippen molar-refractivity contribution in [2.45, 2.75) is 51.1 Å². The van der Waals surface area contributed by atoms with E-state index in [9.17, 15) is 13.2 Å². The van der Waals surface area contributed by atoms with Crippen LogP contribution < -0.4 is 5.32 Å².